The molecule has 0 bridgehead atoms. The molecular formula is C17H12BrN3O4S. The number of nitrogens with one attached hydrogen (secondary N) is 1. The number of ether oxygens (including phenoxy) is 1. The number of aromatic nitrogens is 1. The van der Waals surface area contributed by atoms with Crippen LogP contribution in [-0.4, -0.2) is 22.4 Å². The predicted molar refractivity (Wildman–Crippen MR) is 102 cm³/mol. The fourth-order valence-electron chi connectivity index (χ4n) is 2.08. The van der Waals surface area contributed by atoms with Crippen molar-refractivity contribution < 1.29 is 14.5 Å². The lowest BCUT2D eigenvalue weighted by atomic mass is 10.2. The maximum Gasteiger partial charge on any atom is 0.269 e. The van der Waals surface area contributed by atoms with Crippen LogP contribution in [-0.2, 0) is 4.79 Å². The fraction of sp³-hybridized carbons (Fsp3) is 0.0588. The lowest BCUT2D eigenvalue weighted by Crippen LogP contribution is -2.20. The van der Waals surface area contributed by atoms with Crippen molar-refractivity contribution in [2.75, 3.05) is 11.9 Å². The molecule has 0 aliphatic heterocycles. The normalized spacial score (nSPS) is 10.3. The third-order valence-electron chi connectivity index (χ3n) is 3.29. The average molecular weight is 434 g/mol. The Morgan fingerprint density at radius 3 is 2.73 bits per heavy atom. The number of carbonyl (C=O) groups is 1. The van der Waals surface area contributed by atoms with E-state index in [-0.39, 0.29) is 18.2 Å². The van der Waals surface area contributed by atoms with Gasteiger partial charge in [0.15, 0.2) is 11.7 Å². The average Bonchev–Trinajstić information content (AvgIpc) is 3.09. The van der Waals surface area contributed by atoms with Gasteiger partial charge in [-0.05, 0) is 24.3 Å². The van der Waals surface area contributed by atoms with Crippen LogP contribution in [0.25, 0.3) is 11.3 Å². The predicted octanol–water partition coefficient (Wildman–Crippen LogP) is 4.50. The second kappa shape index (κ2) is 8.07. The Labute approximate surface area is 160 Å². The number of hydrogen-bond donors (Lipinski definition) is 1. The molecule has 9 heteroatoms. The third-order valence-corrected chi connectivity index (χ3v) is 4.54. The highest BCUT2D eigenvalue weighted by atomic mass is 79.9. The highest BCUT2D eigenvalue weighted by Gasteiger charge is 2.10. The maximum atomic E-state index is 12.0. The van der Waals surface area contributed by atoms with Crippen molar-refractivity contribution in [2.24, 2.45) is 0 Å². The zero-order valence-electron chi connectivity index (χ0n) is 13.2. The molecular weight excluding hydrogens is 422 g/mol. The van der Waals surface area contributed by atoms with Crippen molar-refractivity contribution in [3.8, 4) is 17.0 Å². The van der Waals surface area contributed by atoms with Gasteiger partial charge in [-0.25, -0.2) is 4.98 Å². The smallest absolute Gasteiger partial charge is 0.269 e. The number of nitrogens with zero attached hydrogens (tertiary/aromatic N) is 2. The first-order chi connectivity index (χ1) is 12.5. The molecule has 2 aromatic carbocycles. The summed E-state index contributed by atoms with van der Waals surface area (Å²) in [5, 5.41) is 15.6. The van der Waals surface area contributed by atoms with E-state index in [9.17, 15) is 14.9 Å². The van der Waals surface area contributed by atoms with Crippen LogP contribution in [0.1, 0.15) is 0 Å². The van der Waals surface area contributed by atoms with Crippen molar-refractivity contribution in [3.63, 3.8) is 0 Å². The zero-order valence-corrected chi connectivity index (χ0v) is 15.6. The molecule has 0 fully saturated rings. The quantitative estimate of drug-likeness (QED) is 0.456. The summed E-state index contributed by atoms with van der Waals surface area (Å²) in [7, 11) is 0. The van der Waals surface area contributed by atoms with E-state index in [4.69, 9.17) is 4.74 Å². The van der Waals surface area contributed by atoms with Crippen LogP contribution < -0.4 is 10.1 Å². The summed E-state index contributed by atoms with van der Waals surface area (Å²) < 4.78 is 6.27. The number of non-ortho nitro benzene ring substituents is 1. The first-order valence-corrected chi connectivity index (χ1v) is 9.07. The number of carbonyl (C=O) groups excluding carboxylic acids is 1. The van der Waals surface area contributed by atoms with E-state index in [0.29, 0.717) is 10.9 Å². The van der Waals surface area contributed by atoms with Gasteiger partial charge in [-0.2, -0.15) is 0 Å². The van der Waals surface area contributed by atoms with Crippen LogP contribution in [0.2, 0.25) is 0 Å². The molecule has 0 spiro atoms. The summed E-state index contributed by atoms with van der Waals surface area (Å²) in [4.78, 5) is 26.5. The van der Waals surface area contributed by atoms with Gasteiger partial charge in [-0.3, -0.25) is 20.2 Å². The minimum absolute atomic E-state index is 0.0373. The van der Waals surface area contributed by atoms with E-state index in [1.54, 1.807) is 0 Å². The van der Waals surface area contributed by atoms with Crippen LogP contribution in [0, 0.1) is 10.1 Å². The van der Waals surface area contributed by atoms with E-state index in [0.717, 1.165) is 15.7 Å². The van der Waals surface area contributed by atoms with Crippen LogP contribution >= 0.6 is 27.3 Å². The molecule has 1 aromatic heterocycles. The van der Waals surface area contributed by atoms with E-state index in [2.05, 4.69) is 26.2 Å². The highest BCUT2D eigenvalue weighted by molar-refractivity contribution is 9.10. The van der Waals surface area contributed by atoms with E-state index >= 15 is 0 Å². The first-order valence-electron chi connectivity index (χ1n) is 7.40. The number of nitro groups is 1. The molecule has 0 saturated carbocycles. The molecule has 0 radical (unpaired) electrons. The van der Waals surface area contributed by atoms with Gasteiger partial charge in [0, 0.05) is 27.5 Å². The largest absolute Gasteiger partial charge is 0.484 e. The number of benzene rings is 2. The van der Waals surface area contributed by atoms with Gasteiger partial charge in [-0.15, -0.1) is 11.3 Å². The van der Waals surface area contributed by atoms with Crippen LogP contribution in [0.5, 0.6) is 5.75 Å². The van der Waals surface area contributed by atoms with E-state index in [1.165, 1.54) is 35.6 Å². The summed E-state index contributed by atoms with van der Waals surface area (Å²) in [6, 6.07) is 13.2. The van der Waals surface area contributed by atoms with Gasteiger partial charge >= 0.3 is 0 Å². The molecule has 0 aliphatic rings. The van der Waals surface area contributed by atoms with Gasteiger partial charge < -0.3 is 4.74 Å². The molecule has 7 nitrogen and oxygen atoms in total. The molecule has 0 atom stereocenters. The second-order valence-corrected chi connectivity index (χ2v) is 6.91. The Kier molecular flexibility index (Phi) is 5.59. The van der Waals surface area contributed by atoms with Crippen molar-refractivity contribution in [1.82, 2.24) is 4.98 Å². The minimum Gasteiger partial charge on any atom is -0.484 e. The summed E-state index contributed by atoms with van der Waals surface area (Å²) in [5.41, 5.74) is 1.67. The number of hydrogen-bond acceptors (Lipinski definition) is 6. The number of rotatable bonds is 6. The van der Waals surface area contributed by atoms with Crippen molar-refractivity contribution in [1.29, 1.82) is 0 Å². The Bertz CT molecular complexity index is 943. The molecule has 1 heterocycles. The summed E-state index contributed by atoms with van der Waals surface area (Å²) in [6.45, 7) is -0.219. The summed E-state index contributed by atoms with van der Waals surface area (Å²) in [5.74, 6) is 0.0122. The maximum absolute atomic E-state index is 12.0. The van der Waals surface area contributed by atoms with Crippen molar-refractivity contribution in [3.05, 3.63) is 68.5 Å². The number of anilines is 1. The minimum atomic E-state index is -0.498. The summed E-state index contributed by atoms with van der Waals surface area (Å²) >= 11 is 4.73. The zero-order chi connectivity index (χ0) is 18.5. The summed E-state index contributed by atoms with van der Waals surface area (Å²) in [6.07, 6.45) is 0. The van der Waals surface area contributed by atoms with Crippen LogP contribution in [0.4, 0.5) is 10.8 Å². The Morgan fingerprint density at radius 2 is 2.04 bits per heavy atom. The lowest BCUT2D eigenvalue weighted by molar-refractivity contribution is -0.384. The van der Waals surface area contributed by atoms with Gasteiger partial charge in [0.1, 0.15) is 5.75 Å². The molecule has 3 rings (SSSR count). The van der Waals surface area contributed by atoms with E-state index in [1.807, 2.05) is 29.6 Å². The molecule has 0 saturated heterocycles. The van der Waals surface area contributed by atoms with Crippen molar-refractivity contribution in [2.45, 2.75) is 0 Å². The second-order valence-electron chi connectivity index (χ2n) is 5.14. The molecule has 0 unspecified atom stereocenters. The molecule has 1 amide bonds. The topological polar surface area (TPSA) is 94.4 Å². The van der Waals surface area contributed by atoms with Gasteiger partial charge in [-0.1, -0.05) is 28.1 Å². The molecule has 26 heavy (non-hydrogen) atoms. The van der Waals surface area contributed by atoms with Crippen LogP contribution in [0.15, 0.2) is 58.4 Å². The third kappa shape index (κ3) is 4.64. The monoisotopic (exact) mass is 433 g/mol. The highest BCUT2D eigenvalue weighted by Crippen LogP contribution is 2.26. The molecule has 1 N–H and O–H groups in total. The Hall–Kier alpha value is -2.78. The SMILES string of the molecule is O=C(COc1ccc([N+](=O)[O-])cc1)Nc1nc(-c2cccc(Br)c2)cs1. The fourth-order valence-corrected chi connectivity index (χ4v) is 3.21. The Balaban J connectivity index is 1.56. The molecule has 3 aromatic rings. The lowest BCUT2D eigenvalue weighted by Gasteiger charge is -2.05. The molecule has 132 valence electrons. The van der Waals surface area contributed by atoms with Gasteiger partial charge in [0.05, 0.1) is 10.6 Å². The number of halogens is 1. The van der Waals surface area contributed by atoms with E-state index < -0.39 is 4.92 Å². The number of nitro benzene ring substituents is 1. The van der Waals surface area contributed by atoms with Gasteiger partial charge in [0.25, 0.3) is 11.6 Å². The van der Waals surface area contributed by atoms with Gasteiger partial charge in [0.2, 0.25) is 0 Å². The molecule has 0 aliphatic carbocycles. The standard InChI is InChI=1S/C17H12BrN3O4S/c18-12-3-1-2-11(8-12)15-10-26-17(19-15)20-16(22)9-25-14-6-4-13(5-7-14)21(23)24/h1-8,10H,9H2,(H,19,20,22). The van der Waals surface area contributed by atoms with Crippen molar-refractivity contribution >= 4 is 44.0 Å². The van der Waals surface area contributed by atoms with Crippen LogP contribution in [0.3, 0.4) is 0 Å². The Morgan fingerprint density at radius 1 is 1.27 bits per heavy atom. The number of thiazole rings is 1. The number of amides is 1. The first kappa shape index (κ1) is 18.0.